The van der Waals surface area contributed by atoms with E-state index >= 15 is 0 Å². The highest BCUT2D eigenvalue weighted by Crippen LogP contribution is 2.01. The first-order valence-corrected chi connectivity index (χ1v) is 6.93. The molecule has 0 heterocycles. The van der Waals surface area contributed by atoms with Gasteiger partial charge < -0.3 is 9.84 Å². The van der Waals surface area contributed by atoms with Crippen LogP contribution in [0.5, 0.6) is 0 Å². The lowest BCUT2D eigenvalue weighted by atomic mass is 10.2. The van der Waals surface area contributed by atoms with Crippen molar-refractivity contribution in [3.05, 3.63) is 35.9 Å². The molecule has 1 aromatic carbocycles. The van der Waals surface area contributed by atoms with Gasteiger partial charge in [0, 0.05) is 13.6 Å². The summed E-state index contributed by atoms with van der Waals surface area (Å²) in [6.07, 6.45) is -0.906. The molecule has 0 radical (unpaired) electrons. The highest BCUT2D eigenvalue weighted by atomic mass is 32.2. The molecule has 1 atom stereocenters. The molecule has 0 aromatic heterocycles. The summed E-state index contributed by atoms with van der Waals surface area (Å²) in [4.78, 5) is 0. The molecule has 0 saturated carbocycles. The Morgan fingerprint density at radius 3 is 2.56 bits per heavy atom. The fraction of sp³-hybridized carbons (Fsp3) is 0.455. The van der Waals surface area contributed by atoms with E-state index in [1.54, 1.807) is 0 Å². The van der Waals surface area contributed by atoms with E-state index in [9.17, 15) is 13.5 Å². The molecule has 0 aliphatic carbocycles. The maximum absolute atomic E-state index is 10.9. The summed E-state index contributed by atoms with van der Waals surface area (Å²) in [5.41, 5.74) is 0.990. The summed E-state index contributed by atoms with van der Waals surface area (Å²) in [6, 6.07) is 9.50. The van der Waals surface area contributed by atoms with Crippen molar-refractivity contribution in [3.8, 4) is 0 Å². The van der Waals surface area contributed by atoms with Crippen molar-refractivity contribution in [1.82, 2.24) is 4.31 Å². The minimum atomic E-state index is -3.76. The van der Waals surface area contributed by atoms with E-state index in [-0.39, 0.29) is 13.2 Å². The second-order valence-electron chi connectivity index (χ2n) is 3.98. The first-order chi connectivity index (χ1) is 8.39. The van der Waals surface area contributed by atoms with Crippen LogP contribution in [0.25, 0.3) is 0 Å². The molecule has 0 aliphatic heterocycles. The molecule has 0 amide bonds. The molecule has 0 unspecified atom stereocenters. The van der Waals surface area contributed by atoms with Crippen molar-refractivity contribution in [1.29, 1.82) is 0 Å². The van der Waals surface area contributed by atoms with Gasteiger partial charge in [-0.05, 0) is 5.56 Å². The SMILES string of the molecule is CN(C[C@@H](O)COCc1ccccc1)S(N)(=O)=O. The van der Waals surface area contributed by atoms with Gasteiger partial charge in [-0.15, -0.1) is 0 Å². The predicted molar refractivity (Wildman–Crippen MR) is 67.8 cm³/mol. The van der Waals surface area contributed by atoms with Gasteiger partial charge in [-0.25, -0.2) is 5.14 Å². The van der Waals surface area contributed by atoms with Gasteiger partial charge in [-0.2, -0.15) is 12.7 Å². The molecule has 0 spiro atoms. The maximum atomic E-state index is 10.9. The third-order valence-electron chi connectivity index (χ3n) is 2.32. The lowest BCUT2D eigenvalue weighted by Gasteiger charge is -2.18. The van der Waals surface area contributed by atoms with Crippen molar-refractivity contribution in [2.24, 2.45) is 5.14 Å². The molecule has 0 fully saturated rings. The van der Waals surface area contributed by atoms with Crippen LogP contribution in [0.1, 0.15) is 5.56 Å². The van der Waals surface area contributed by atoms with Crippen LogP contribution >= 0.6 is 0 Å². The normalized spacial score (nSPS) is 13.8. The van der Waals surface area contributed by atoms with Crippen molar-refractivity contribution in [3.63, 3.8) is 0 Å². The molecule has 18 heavy (non-hydrogen) atoms. The zero-order chi connectivity index (χ0) is 13.6. The standard InChI is InChI=1S/C11H18N2O4S/c1-13(18(12,15)16)7-11(14)9-17-8-10-5-3-2-4-6-10/h2-6,11,14H,7-9H2,1H3,(H2,12,15,16)/t11-/m1/s1. The largest absolute Gasteiger partial charge is 0.389 e. The number of benzene rings is 1. The Kier molecular flexibility index (Phi) is 5.70. The average Bonchev–Trinajstić information content (AvgIpc) is 2.29. The second-order valence-corrected chi connectivity index (χ2v) is 5.63. The molecule has 6 nitrogen and oxygen atoms in total. The molecule has 0 saturated heterocycles. The quantitative estimate of drug-likeness (QED) is 0.714. The van der Waals surface area contributed by atoms with E-state index in [0.29, 0.717) is 6.61 Å². The Bertz CT molecular complexity index is 449. The summed E-state index contributed by atoms with van der Waals surface area (Å²) in [6.45, 7) is 0.333. The second kappa shape index (κ2) is 6.81. The molecule has 1 rings (SSSR count). The molecule has 0 bridgehead atoms. The lowest BCUT2D eigenvalue weighted by Crippen LogP contribution is -2.40. The van der Waals surface area contributed by atoms with E-state index in [1.807, 2.05) is 30.3 Å². The van der Waals surface area contributed by atoms with Crippen LogP contribution in [-0.2, 0) is 21.6 Å². The number of nitrogens with zero attached hydrogens (tertiary/aromatic N) is 1. The number of hydrogen-bond acceptors (Lipinski definition) is 4. The van der Waals surface area contributed by atoms with Crippen LogP contribution in [0.2, 0.25) is 0 Å². The number of likely N-dealkylation sites (N-methyl/N-ethyl adjacent to an activating group) is 1. The van der Waals surface area contributed by atoms with E-state index in [0.717, 1.165) is 9.87 Å². The third-order valence-corrected chi connectivity index (χ3v) is 3.34. The Hall–Kier alpha value is -0.990. The highest BCUT2D eigenvalue weighted by molar-refractivity contribution is 7.86. The van der Waals surface area contributed by atoms with Gasteiger partial charge in [0.15, 0.2) is 0 Å². The molecule has 102 valence electrons. The number of rotatable bonds is 7. The smallest absolute Gasteiger partial charge is 0.276 e. The van der Waals surface area contributed by atoms with Gasteiger partial charge in [0.05, 0.1) is 19.3 Å². The lowest BCUT2D eigenvalue weighted by molar-refractivity contribution is 0.0222. The van der Waals surface area contributed by atoms with Crippen LogP contribution in [-0.4, -0.2) is 44.1 Å². The van der Waals surface area contributed by atoms with Crippen LogP contribution in [0, 0.1) is 0 Å². The van der Waals surface area contributed by atoms with E-state index in [2.05, 4.69) is 0 Å². The van der Waals surface area contributed by atoms with Crippen molar-refractivity contribution in [2.75, 3.05) is 20.2 Å². The Morgan fingerprint density at radius 2 is 2.00 bits per heavy atom. The minimum absolute atomic E-state index is 0.0504. The summed E-state index contributed by atoms with van der Waals surface area (Å²) in [5.74, 6) is 0. The number of ether oxygens (including phenoxy) is 1. The van der Waals surface area contributed by atoms with Gasteiger partial charge in [0.2, 0.25) is 0 Å². The minimum Gasteiger partial charge on any atom is -0.389 e. The Labute approximate surface area is 107 Å². The molecule has 1 aromatic rings. The molecular weight excluding hydrogens is 256 g/mol. The summed E-state index contributed by atoms with van der Waals surface area (Å²) in [5, 5.41) is 14.5. The summed E-state index contributed by atoms with van der Waals surface area (Å²) >= 11 is 0. The fourth-order valence-electron chi connectivity index (χ4n) is 1.34. The monoisotopic (exact) mass is 274 g/mol. The molecule has 0 aliphatic rings. The van der Waals surface area contributed by atoms with Gasteiger partial charge in [-0.3, -0.25) is 0 Å². The van der Waals surface area contributed by atoms with Crippen molar-refractivity contribution in [2.45, 2.75) is 12.7 Å². The van der Waals surface area contributed by atoms with Gasteiger partial charge >= 0.3 is 0 Å². The number of nitrogens with two attached hydrogens (primary N) is 1. The van der Waals surface area contributed by atoms with Crippen molar-refractivity contribution >= 4 is 10.2 Å². The third kappa shape index (κ3) is 5.56. The first-order valence-electron chi connectivity index (χ1n) is 5.43. The van der Waals surface area contributed by atoms with E-state index < -0.39 is 16.3 Å². The van der Waals surface area contributed by atoms with Crippen LogP contribution in [0.4, 0.5) is 0 Å². The van der Waals surface area contributed by atoms with Gasteiger partial charge in [0.25, 0.3) is 10.2 Å². The Balaban J connectivity index is 2.28. The topological polar surface area (TPSA) is 92.9 Å². The molecular formula is C11H18N2O4S. The highest BCUT2D eigenvalue weighted by Gasteiger charge is 2.16. The zero-order valence-corrected chi connectivity index (χ0v) is 11.0. The number of aliphatic hydroxyl groups is 1. The predicted octanol–water partition coefficient (Wildman–Crippen LogP) is -0.301. The molecule has 7 heteroatoms. The number of aliphatic hydroxyl groups excluding tert-OH is 1. The fourth-order valence-corrected chi connectivity index (χ4v) is 1.72. The number of hydrogen-bond donors (Lipinski definition) is 2. The maximum Gasteiger partial charge on any atom is 0.276 e. The van der Waals surface area contributed by atoms with Gasteiger partial charge in [-0.1, -0.05) is 30.3 Å². The van der Waals surface area contributed by atoms with Crippen LogP contribution in [0.15, 0.2) is 30.3 Å². The van der Waals surface area contributed by atoms with Crippen molar-refractivity contribution < 1.29 is 18.3 Å². The zero-order valence-electron chi connectivity index (χ0n) is 10.2. The average molecular weight is 274 g/mol. The summed E-state index contributed by atoms with van der Waals surface area (Å²) < 4.78 is 28.0. The van der Waals surface area contributed by atoms with Crippen LogP contribution in [0.3, 0.4) is 0 Å². The van der Waals surface area contributed by atoms with E-state index in [4.69, 9.17) is 9.88 Å². The Morgan fingerprint density at radius 1 is 1.39 bits per heavy atom. The van der Waals surface area contributed by atoms with E-state index in [1.165, 1.54) is 7.05 Å². The summed E-state index contributed by atoms with van der Waals surface area (Å²) in [7, 11) is -2.46. The van der Waals surface area contributed by atoms with Crippen LogP contribution < -0.4 is 5.14 Å². The molecule has 3 N–H and O–H groups in total. The van der Waals surface area contributed by atoms with Gasteiger partial charge in [0.1, 0.15) is 0 Å². The first kappa shape index (κ1) is 15.1.